The number of nitrogens with zero attached hydrogens (tertiary/aromatic N) is 5. The second kappa shape index (κ2) is 9.82. The maximum atomic E-state index is 13.7. The van der Waals surface area contributed by atoms with Gasteiger partial charge in [-0.2, -0.15) is 13.2 Å². The number of hydrogen-bond donors (Lipinski definition) is 1. The fourth-order valence-electron chi connectivity index (χ4n) is 5.20. The van der Waals surface area contributed by atoms with Crippen LogP contribution in [0.15, 0.2) is 47.6 Å². The summed E-state index contributed by atoms with van der Waals surface area (Å²) in [5.74, 6) is -1.16. The van der Waals surface area contributed by atoms with E-state index in [4.69, 9.17) is 0 Å². The van der Waals surface area contributed by atoms with Gasteiger partial charge in [0.05, 0.1) is 34.7 Å². The molecule has 1 aliphatic carbocycles. The molecule has 3 heterocycles. The van der Waals surface area contributed by atoms with Crippen LogP contribution in [-0.2, 0) is 19.4 Å². The highest BCUT2D eigenvalue weighted by Gasteiger charge is 2.71. The summed E-state index contributed by atoms with van der Waals surface area (Å²) in [6, 6.07) is 4.13. The molecule has 4 amide bonds. The SMILES string of the molecule is CC1CC12C(=O)N(c1ccc(S(=O)(=O)C(F)(F)F)cc1)C(=O)N2c1ccncc1NC(=O)CN1CCN(C)CC1. The van der Waals surface area contributed by atoms with E-state index in [0.29, 0.717) is 18.6 Å². The Kier molecular flexibility index (Phi) is 6.87. The second-order valence-electron chi connectivity index (χ2n) is 10.3. The van der Waals surface area contributed by atoms with Gasteiger partial charge in [-0.05, 0) is 49.7 Å². The average Bonchev–Trinajstić information content (AvgIpc) is 3.51. The highest BCUT2D eigenvalue weighted by Crippen LogP contribution is 2.56. The third-order valence-electron chi connectivity index (χ3n) is 7.61. The van der Waals surface area contributed by atoms with Crippen molar-refractivity contribution in [2.75, 3.05) is 54.9 Å². The number of pyridine rings is 1. The first-order valence-electron chi connectivity index (χ1n) is 12.5. The molecule has 40 heavy (non-hydrogen) atoms. The van der Waals surface area contributed by atoms with Gasteiger partial charge >= 0.3 is 11.5 Å². The molecule has 3 fully saturated rings. The first-order chi connectivity index (χ1) is 18.8. The minimum Gasteiger partial charge on any atom is -0.322 e. The third-order valence-corrected chi connectivity index (χ3v) is 9.12. The zero-order chi connectivity index (χ0) is 29.0. The molecule has 214 valence electrons. The summed E-state index contributed by atoms with van der Waals surface area (Å²) in [7, 11) is -3.59. The first-order valence-corrected chi connectivity index (χ1v) is 14.0. The molecule has 1 spiro atoms. The van der Waals surface area contributed by atoms with Crippen LogP contribution in [0.3, 0.4) is 0 Å². The van der Waals surface area contributed by atoms with Crippen molar-refractivity contribution < 1.29 is 36.0 Å². The molecule has 3 aliphatic rings. The number of piperazine rings is 1. The quantitative estimate of drug-likeness (QED) is 0.517. The topological polar surface area (TPSA) is 123 Å². The van der Waals surface area contributed by atoms with Gasteiger partial charge in [-0.15, -0.1) is 0 Å². The number of aromatic nitrogens is 1. The number of alkyl halides is 3. The van der Waals surface area contributed by atoms with Crippen LogP contribution >= 0.6 is 0 Å². The van der Waals surface area contributed by atoms with Crippen LogP contribution in [0.1, 0.15) is 13.3 Å². The van der Waals surface area contributed by atoms with Crippen LogP contribution in [0, 0.1) is 5.92 Å². The Bertz CT molecular complexity index is 1460. The lowest BCUT2D eigenvalue weighted by Crippen LogP contribution is -2.47. The molecule has 5 rings (SSSR count). The van der Waals surface area contributed by atoms with Gasteiger partial charge in [0.15, 0.2) is 0 Å². The Labute approximate surface area is 228 Å². The van der Waals surface area contributed by atoms with Gasteiger partial charge in [0.2, 0.25) is 5.91 Å². The summed E-state index contributed by atoms with van der Waals surface area (Å²) in [4.78, 5) is 49.6. The van der Waals surface area contributed by atoms with E-state index in [0.717, 1.165) is 43.2 Å². The normalized spacial score (nSPS) is 24.2. The number of imide groups is 1. The van der Waals surface area contributed by atoms with Gasteiger partial charge in [-0.1, -0.05) is 6.92 Å². The van der Waals surface area contributed by atoms with Gasteiger partial charge in [-0.3, -0.25) is 24.4 Å². The summed E-state index contributed by atoms with van der Waals surface area (Å²) in [5, 5.41) is 2.80. The first kappa shape index (κ1) is 28.0. The van der Waals surface area contributed by atoms with Crippen molar-refractivity contribution in [3.8, 4) is 0 Å². The van der Waals surface area contributed by atoms with E-state index in [9.17, 15) is 36.0 Å². The second-order valence-corrected chi connectivity index (χ2v) is 12.2. The largest absolute Gasteiger partial charge is 0.501 e. The lowest BCUT2D eigenvalue weighted by atomic mass is 10.1. The number of rotatable bonds is 6. The van der Waals surface area contributed by atoms with E-state index in [1.54, 1.807) is 6.92 Å². The van der Waals surface area contributed by atoms with Crippen molar-refractivity contribution in [3.05, 3.63) is 42.7 Å². The molecule has 2 atom stereocenters. The van der Waals surface area contributed by atoms with Crippen molar-refractivity contribution in [2.45, 2.75) is 29.3 Å². The molecular weight excluding hydrogens is 553 g/mol. The van der Waals surface area contributed by atoms with Crippen molar-refractivity contribution in [1.29, 1.82) is 0 Å². The van der Waals surface area contributed by atoms with Gasteiger partial charge in [-0.25, -0.2) is 18.1 Å². The third kappa shape index (κ3) is 4.61. The van der Waals surface area contributed by atoms with Crippen molar-refractivity contribution in [1.82, 2.24) is 14.8 Å². The number of hydrogen-bond acceptors (Lipinski definition) is 8. The number of benzene rings is 1. The van der Waals surface area contributed by atoms with Crippen LogP contribution in [0.4, 0.5) is 35.0 Å². The number of carbonyl (C=O) groups excluding carboxylic acids is 3. The number of halogens is 3. The van der Waals surface area contributed by atoms with E-state index in [1.807, 2.05) is 11.9 Å². The number of carbonyl (C=O) groups is 3. The summed E-state index contributed by atoms with van der Waals surface area (Å²) in [6.45, 7) is 5.02. The van der Waals surface area contributed by atoms with Gasteiger partial charge in [0.25, 0.3) is 15.7 Å². The van der Waals surface area contributed by atoms with Crippen molar-refractivity contribution in [2.24, 2.45) is 5.92 Å². The molecular formula is C25H27F3N6O5S. The van der Waals surface area contributed by atoms with Crippen molar-refractivity contribution >= 4 is 44.7 Å². The van der Waals surface area contributed by atoms with Gasteiger partial charge in [0, 0.05) is 32.4 Å². The standard InChI is InChI=1S/C25H27F3N6O5S/c1-16-13-24(16)22(36)33(17-3-5-18(6-4-17)40(38,39)25(26,27)28)23(37)34(24)20-7-8-29-14-19(20)30-21(35)15-32-11-9-31(2)10-12-32/h3-8,14,16H,9-13,15H2,1-2H3,(H,30,35). The Morgan fingerprint density at radius 2 is 1.73 bits per heavy atom. The number of sulfone groups is 1. The predicted octanol–water partition coefficient (Wildman–Crippen LogP) is 2.31. The van der Waals surface area contributed by atoms with E-state index >= 15 is 0 Å². The Balaban J connectivity index is 1.42. The van der Waals surface area contributed by atoms with Crippen LogP contribution in [0.2, 0.25) is 0 Å². The minimum absolute atomic E-state index is 0.0770. The fourth-order valence-corrected chi connectivity index (χ4v) is 5.96. The maximum absolute atomic E-state index is 13.7. The van der Waals surface area contributed by atoms with E-state index < -0.39 is 37.7 Å². The molecule has 2 saturated heterocycles. The number of amides is 4. The summed E-state index contributed by atoms with van der Waals surface area (Å²) < 4.78 is 62.4. The molecule has 0 bridgehead atoms. The Morgan fingerprint density at radius 1 is 1.10 bits per heavy atom. The van der Waals surface area contributed by atoms with Crippen LogP contribution < -0.4 is 15.1 Å². The molecule has 15 heteroatoms. The molecule has 0 radical (unpaired) electrons. The van der Waals surface area contributed by atoms with Crippen LogP contribution in [-0.4, -0.2) is 91.9 Å². The molecule has 1 aromatic heterocycles. The fraction of sp³-hybridized carbons (Fsp3) is 0.440. The summed E-state index contributed by atoms with van der Waals surface area (Å²) in [6.07, 6.45) is 3.13. The minimum atomic E-state index is -5.60. The molecule has 1 saturated carbocycles. The molecule has 1 N–H and O–H groups in total. The molecule has 1 aromatic carbocycles. The lowest BCUT2D eigenvalue weighted by molar-refractivity contribution is -0.119. The van der Waals surface area contributed by atoms with Gasteiger partial charge < -0.3 is 10.2 Å². The van der Waals surface area contributed by atoms with Crippen molar-refractivity contribution in [3.63, 3.8) is 0 Å². The Hall–Kier alpha value is -3.56. The maximum Gasteiger partial charge on any atom is 0.501 e. The summed E-state index contributed by atoms with van der Waals surface area (Å²) >= 11 is 0. The monoisotopic (exact) mass is 580 g/mol. The molecule has 11 nitrogen and oxygen atoms in total. The van der Waals surface area contributed by atoms with E-state index in [1.165, 1.54) is 23.4 Å². The number of nitrogens with one attached hydrogen (secondary N) is 1. The zero-order valence-electron chi connectivity index (χ0n) is 21.7. The highest BCUT2D eigenvalue weighted by molar-refractivity contribution is 7.92. The van der Waals surface area contributed by atoms with E-state index in [2.05, 4.69) is 15.2 Å². The smallest absolute Gasteiger partial charge is 0.322 e. The zero-order valence-corrected chi connectivity index (χ0v) is 22.5. The lowest BCUT2D eigenvalue weighted by Gasteiger charge is -2.32. The molecule has 2 aromatic rings. The number of anilines is 3. The average molecular weight is 581 g/mol. The van der Waals surface area contributed by atoms with Crippen LogP contribution in [0.25, 0.3) is 0 Å². The summed E-state index contributed by atoms with van der Waals surface area (Å²) in [5.41, 5.74) is -6.35. The Morgan fingerprint density at radius 3 is 2.30 bits per heavy atom. The number of urea groups is 1. The van der Waals surface area contributed by atoms with Crippen LogP contribution in [0.5, 0.6) is 0 Å². The predicted molar refractivity (Wildman–Crippen MR) is 138 cm³/mol. The number of likely N-dealkylation sites (N-methyl/N-ethyl adjacent to an activating group) is 1. The van der Waals surface area contributed by atoms with E-state index in [-0.39, 0.29) is 35.4 Å². The highest BCUT2D eigenvalue weighted by atomic mass is 32.2. The molecule has 2 aliphatic heterocycles. The molecule has 2 unspecified atom stereocenters. The van der Waals surface area contributed by atoms with Gasteiger partial charge in [0.1, 0.15) is 5.54 Å².